The third-order valence-electron chi connectivity index (χ3n) is 2.86. The van der Waals surface area contributed by atoms with Crippen molar-refractivity contribution in [3.05, 3.63) is 62.6 Å². The lowest BCUT2D eigenvalue weighted by atomic mass is 10.2. The molecule has 0 radical (unpaired) electrons. The van der Waals surface area contributed by atoms with Gasteiger partial charge in [-0.3, -0.25) is 10.1 Å². The maximum Gasteiger partial charge on any atom is 0.296 e. The second-order valence-electron chi connectivity index (χ2n) is 4.54. The molecule has 0 bridgehead atoms. The van der Waals surface area contributed by atoms with Crippen LogP contribution in [0.25, 0.3) is 0 Å². The monoisotopic (exact) mass is 397 g/mol. The number of halogens is 2. The van der Waals surface area contributed by atoms with E-state index in [1.807, 2.05) is 30.3 Å². The average Bonchev–Trinajstić information content (AvgIpc) is 2.55. The summed E-state index contributed by atoms with van der Waals surface area (Å²) in [5.41, 5.74) is 6.46. The number of aliphatic imine (C=N–C) groups is 1. The third-order valence-corrected chi connectivity index (χ3v) is 3.76. The lowest BCUT2D eigenvalue weighted by Gasteiger charge is -2.10. The number of alkyl halides is 1. The van der Waals surface area contributed by atoms with Crippen LogP contribution in [0.4, 0.5) is 11.4 Å². The first kappa shape index (κ1) is 17.2. The van der Waals surface area contributed by atoms with E-state index in [1.165, 1.54) is 12.1 Å². The Kier molecular flexibility index (Phi) is 5.95. The smallest absolute Gasteiger partial charge is 0.296 e. The van der Waals surface area contributed by atoms with E-state index < -0.39 is 4.92 Å². The molecule has 2 rings (SSSR count). The Morgan fingerprint density at radius 1 is 1.35 bits per heavy atom. The summed E-state index contributed by atoms with van der Waals surface area (Å²) < 4.78 is 6.16. The average molecular weight is 399 g/mol. The van der Waals surface area contributed by atoms with E-state index in [0.717, 1.165) is 5.56 Å². The summed E-state index contributed by atoms with van der Waals surface area (Å²) in [5.74, 6) is 0.500. The van der Waals surface area contributed by atoms with E-state index in [2.05, 4.69) is 20.9 Å². The molecule has 0 aliphatic rings. The van der Waals surface area contributed by atoms with Gasteiger partial charge < -0.3 is 10.5 Å². The van der Waals surface area contributed by atoms with Gasteiger partial charge in [0.05, 0.1) is 15.3 Å². The van der Waals surface area contributed by atoms with Gasteiger partial charge in [-0.05, 0) is 21.5 Å². The van der Waals surface area contributed by atoms with Crippen molar-refractivity contribution < 1.29 is 9.66 Å². The largest absolute Gasteiger partial charge is 0.488 e. The molecule has 0 saturated carbocycles. The number of hydrogen-bond acceptors (Lipinski definition) is 4. The van der Waals surface area contributed by atoms with Gasteiger partial charge in [0.15, 0.2) is 0 Å². The van der Waals surface area contributed by atoms with Crippen LogP contribution in [0.3, 0.4) is 0 Å². The number of rotatable bonds is 6. The lowest BCUT2D eigenvalue weighted by Crippen LogP contribution is -2.12. The van der Waals surface area contributed by atoms with Gasteiger partial charge in [0, 0.05) is 12.1 Å². The van der Waals surface area contributed by atoms with Crippen molar-refractivity contribution in [2.24, 2.45) is 10.7 Å². The molecule has 0 aliphatic heterocycles. The number of nitrogens with two attached hydrogens (primary N) is 1. The molecule has 0 spiro atoms. The molecule has 8 heteroatoms. The minimum absolute atomic E-state index is 0.0204. The molecule has 2 aromatic rings. The number of benzene rings is 2. The van der Waals surface area contributed by atoms with Crippen LogP contribution in [0.1, 0.15) is 5.56 Å². The molecule has 0 amide bonds. The zero-order valence-corrected chi connectivity index (χ0v) is 14.3. The molecule has 0 aliphatic carbocycles. The molecule has 0 heterocycles. The highest BCUT2D eigenvalue weighted by Gasteiger charge is 2.18. The summed E-state index contributed by atoms with van der Waals surface area (Å²) in [4.78, 5) is 14.6. The maximum atomic E-state index is 11.1. The SMILES string of the molecule is NC(CCl)=Nc1cc(OCc2ccccc2)c(Br)cc1[N+](=O)[O-]. The normalized spacial score (nSPS) is 11.3. The predicted molar refractivity (Wildman–Crippen MR) is 93.6 cm³/mol. The van der Waals surface area contributed by atoms with E-state index >= 15 is 0 Å². The van der Waals surface area contributed by atoms with Crippen molar-refractivity contribution in [1.82, 2.24) is 0 Å². The first-order chi connectivity index (χ1) is 11.0. The van der Waals surface area contributed by atoms with Gasteiger partial charge in [-0.25, -0.2) is 4.99 Å². The van der Waals surface area contributed by atoms with Gasteiger partial charge in [-0.15, -0.1) is 11.6 Å². The van der Waals surface area contributed by atoms with Crippen LogP contribution in [-0.4, -0.2) is 16.6 Å². The minimum atomic E-state index is -0.536. The Hall–Kier alpha value is -2.12. The minimum Gasteiger partial charge on any atom is -0.488 e. The van der Waals surface area contributed by atoms with Crippen LogP contribution in [0.5, 0.6) is 5.75 Å². The van der Waals surface area contributed by atoms with Gasteiger partial charge in [0.25, 0.3) is 5.69 Å². The van der Waals surface area contributed by atoms with Gasteiger partial charge in [-0.2, -0.15) is 0 Å². The highest BCUT2D eigenvalue weighted by Crippen LogP contribution is 2.38. The lowest BCUT2D eigenvalue weighted by molar-refractivity contribution is -0.384. The standard InChI is InChI=1S/C15H13BrClN3O3/c16-11-6-13(20(21)22)12(19-15(18)8-17)7-14(11)23-9-10-4-2-1-3-5-10/h1-7H,8-9H2,(H2,18,19). The van der Waals surface area contributed by atoms with Crippen LogP contribution in [0.2, 0.25) is 0 Å². The predicted octanol–water partition coefficient (Wildman–Crippen LogP) is 4.16. The molecule has 6 nitrogen and oxygen atoms in total. The van der Waals surface area contributed by atoms with Crippen LogP contribution in [0.15, 0.2) is 51.9 Å². The van der Waals surface area contributed by atoms with Crippen LogP contribution < -0.4 is 10.5 Å². The fraction of sp³-hybridized carbons (Fsp3) is 0.133. The Morgan fingerprint density at radius 3 is 2.65 bits per heavy atom. The number of amidine groups is 1. The molecule has 0 unspecified atom stereocenters. The van der Waals surface area contributed by atoms with Crippen molar-refractivity contribution >= 4 is 44.7 Å². The fourth-order valence-electron chi connectivity index (χ4n) is 1.80. The fourth-order valence-corrected chi connectivity index (χ4v) is 2.30. The second kappa shape index (κ2) is 7.94. The zero-order chi connectivity index (χ0) is 16.8. The molecule has 0 aromatic heterocycles. The summed E-state index contributed by atoms with van der Waals surface area (Å²) >= 11 is 8.85. The highest BCUT2D eigenvalue weighted by molar-refractivity contribution is 9.10. The van der Waals surface area contributed by atoms with Gasteiger partial charge in [-0.1, -0.05) is 30.3 Å². The Bertz CT molecular complexity index is 738. The van der Waals surface area contributed by atoms with E-state index in [9.17, 15) is 10.1 Å². The second-order valence-corrected chi connectivity index (χ2v) is 5.66. The first-order valence-corrected chi connectivity index (χ1v) is 7.87. The molecule has 0 atom stereocenters. The van der Waals surface area contributed by atoms with Gasteiger partial charge in [0.2, 0.25) is 0 Å². The Labute approximate surface area is 146 Å². The van der Waals surface area contributed by atoms with Gasteiger partial charge in [0.1, 0.15) is 23.9 Å². The Balaban J connectivity index is 2.33. The van der Waals surface area contributed by atoms with Gasteiger partial charge >= 0.3 is 0 Å². The van der Waals surface area contributed by atoms with E-state index in [-0.39, 0.29) is 23.1 Å². The van der Waals surface area contributed by atoms with Crippen molar-refractivity contribution in [2.75, 3.05) is 5.88 Å². The zero-order valence-electron chi connectivity index (χ0n) is 11.9. The molecule has 23 heavy (non-hydrogen) atoms. The summed E-state index contributed by atoms with van der Waals surface area (Å²) in [5, 5.41) is 11.1. The summed E-state index contributed by atoms with van der Waals surface area (Å²) in [6, 6.07) is 12.4. The maximum absolute atomic E-state index is 11.1. The molecular weight excluding hydrogens is 386 g/mol. The molecule has 120 valence electrons. The van der Waals surface area contributed by atoms with E-state index in [0.29, 0.717) is 16.8 Å². The van der Waals surface area contributed by atoms with Crippen LogP contribution >= 0.6 is 27.5 Å². The Morgan fingerprint density at radius 2 is 2.04 bits per heavy atom. The molecule has 0 saturated heterocycles. The molecule has 2 aromatic carbocycles. The molecular formula is C15H13BrClN3O3. The third kappa shape index (κ3) is 4.67. The number of nitro groups is 1. The van der Waals surface area contributed by atoms with Crippen LogP contribution in [-0.2, 0) is 6.61 Å². The van der Waals surface area contributed by atoms with E-state index in [1.54, 1.807) is 0 Å². The molecule has 0 fully saturated rings. The number of nitro benzene ring substituents is 1. The van der Waals surface area contributed by atoms with Crippen molar-refractivity contribution in [1.29, 1.82) is 0 Å². The summed E-state index contributed by atoms with van der Waals surface area (Å²) in [6.07, 6.45) is 0. The summed E-state index contributed by atoms with van der Waals surface area (Å²) in [6.45, 7) is 0.325. The number of nitrogens with zero attached hydrogens (tertiary/aromatic N) is 2. The first-order valence-electron chi connectivity index (χ1n) is 6.55. The summed E-state index contributed by atoms with van der Waals surface area (Å²) in [7, 11) is 0. The van der Waals surface area contributed by atoms with Crippen molar-refractivity contribution in [3.63, 3.8) is 0 Å². The number of ether oxygens (including phenoxy) is 1. The molecule has 2 N–H and O–H groups in total. The quantitative estimate of drug-likeness (QED) is 0.260. The van der Waals surface area contributed by atoms with E-state index in [4.69, 9.17) is 22.1 Å². The highest BCUT2D eigenvalue weighted by atomic mass is 79.9. The topological polar surface area (TPSA) is 90.8 Å². The van der Waals surface area contributed by atoms with Crippen LogP contribution in [0, 0.1) is 10.1 Å². The van der Waals surface area contributed by atoms with Crippen molar-refractivity contribution in [2.45, 2.75) is 6.61 Å². The van der Waals surface area contributed by atoms with Crippen molar-refractivity contribution in [3.8, 4) is 5.75 Å². The number of hydrogen-bond donors (Lipinski definition) is 1.